The van der Waals surface area contributed by atoms with Gasteiger partial charge in [-0.05, 0) is 30.4 Å². The number of aliphatic hydroxyl groups excluding tert-OH is 1. The molecule has 0 saturated heterocycles. The molecule has 1 aromatic rings. The molecule has 2 rings (SSSR count). The summed E-state index contributed by atoms with van der Waals surface area (Å²) in [5, 5.41) is 9.95. The van der Waals surface area contributed by atoms with Crippen molar-refractivity contribution in [3.63, 3.8) is 0 Å². The summed E-state index contributed by atoms with van der Waals surface area (Å²) in [7, 11) is 0. The Bertz CT molecular complexity index is 333. The van der Waals surface area contributed by atoms with Gasteiger partial charge in [-0.3, -0.25) is 0 Å². The maximum Gasteiger partial charge on any atom is 0.125 e. The predicted octanol–water partition coefficient (Wildman–Crippen LogP) is 2.40. The van der Waals surface area contributed by atoms with Crippen molar-refractivity contribution in [1.82, 2.24) is 0 Å². The molecule has 1 aliphatic rings. The van der Waals surface area contributed by atoms with Crippen LogP contribution in [0.15, 0.2) is 24.3 Å². The number of fused-ring (bicyclic) bond motifs is 1. The first kappa shape index (κ1) is 10.5. The summed E-state index contributed by atoms with van der Waals surface area (Å²) in [6, 6.07) is 8.08. The number of aliphatic hydroxyl groups is 1. The molecule has 0 aliphatic carbocycles. The van der Waals surface area contributed by atoms with Gasteiger partial charge in [0.05, 0.1) is 6.10 Å². The van der Waals surface area contributed by atoms with E-state index in [0.717, 1.165) is 18.6 Å². The third-order valence-electron chi connectivity index (χ3n) is 3.01. The Balaban J connectivity index is 2.12. The fourth-order valence-electron chi connectivity index (χ4n) is 2.01. The molecule has 1 aromatic carbocycles. The highest BCUT2D eigenvalue weighted by Crippen LogP contribution is 2.29. The van der Waals surface area contributed by atoms with Crippen molar-refractivity contribution >= 4 is 0 Å². The van der Waals surface area contributed by atoms with Crippen LogP contribution in [-0.4, -0.2) is 17.3 Å². The lowest BCUT2D eigenvalue weighted by molar-refractivity contribution is -0.00334. The number of benzene rings is 1. The fraction of sp³-hybridized carbons (Fsp3) is 0.538. The third kappa shape index (κ3) is 2.15. The zero-order valence-corrected chi connectivity index (χ0v) is 9.31. The molecule has 82 valence electrons. The molecule has 15 heavy (non-hydrogen) atoms. The fourth-order valence-corrected chi connectivity index (χ4v) is 2.01. The smallest absolute Gasteiger partial charge is 0.125 e. The maximum atomic E-state index is 9.95. The molecule has 0 amide bonds. The molecule has 0 bridgehead atoms. The van der Waals surface area contributed by atoms with Crippen molar-refractivity contribution in [2.24, 2.45) is 5.92 Å². The van der Waals surface area contributed by atoms with Gasteiger partial charge in [-0.15, -0.1) is 0 Å². The van der Waals surface area contributed by atoms with Crippen LogP contribution < -0.4 is 4.74 Å². The predicted molar refractivity (Wildman–Crippen MR) is 60.0 cm³/mol. The summed E-state index contributed by atoms with van der Waals surface area (Å²) in [6.45, 7) is 4.04. The number of para-hydroxylation sites is 1. The van der Waals surface area contributed by atoms with Gasteiger partial charge in [0.1, 0.15) is 11.9 Å². The zero-order chi connectivity index (χ0) is 10.8. The molecule has 1 heterocycles. The van der Waals surface area contributed by atoms with Gasteiger partial charge in [0, 0.05) is 0 Å². The lowest BCUT2D eigenvalue weighted by atomic mass is 9.94. The van der Waals surface area contributed by atoms with Gasteiger partial charge in [0.2, 0.25) is 0 Å². The molecule has 0 aromatic heterocycles. The topological polar surface area (TPSA) is 29.5 Å². The number of aryl methyl sites for hydroxylation is 1. The number of hydrogen-bond acceptors (Lipinski definition) is 2. The third-order valence-corrected chi connectivity index (χ3v) is 3.01. The molecule has 1 N–H and O–H groups in total. The molecule has 2 unspecified atom stereocenters. The average Bonchev–Trinajstić information content (AvgIpc) is 2.27. The molecule has 2 atom stereocenters. The minimum absolute atomic E-state index is 0.0418. The molecular weight excluding hydrogens is 188 g/mol. The minimum Gasteiger partial charge on any atom is -0.487 e. The zero-order valence-electron chi connectivity index (χ0n) is 9.31. The standard InChI is InChI=1S/C13H18O2/c1-9(2)13(14)12-8-7-10-5-3-4-6-11(10)15-12/h3-6,9,12-14H,7-8H2,1-2H3. The summed E-state index contributed by atoms with van der Waals surface area (Å²) in [5.74, 6) is 1.19. The first-order chi connectivity index (χ1) is 7.18. The second kappa shape index (κ2) is 4.23. The van der Waals surface area contributed by atoms with Crippen LogP contribution in [0.4, 0.5) is 0 Å². The van der Waals surface area contributed by atoms with E-state index in [4.69, 9.17) is 4.74 Å². The summed E-state index contributed by atoms with van der Waals surface area (Å²) in [5.41, 5.74) is 1.25. The van der Waals surface area contributed by atoms with E-state index in [1.54, 1.807) is 0 Å². The highest BCUT2D eigenvalue weighted by atomic mass is 16.5. The molecular formula is C13H18O2. The Morgan fingerprint density at radius 3 is 2.80 bits per heavy atom. The first-order valence-electron chi connectivity index (χ1n) is 5.61. The van der Waals surface area contributed by atoms with Crippen LogP contribution in [0.25, 0.3) is 0 Å². The molecule has 2 heteroatoms. The second-order valence-electron chi connectivity index (χ2n) is 4.54. The number of rotatable bonds is 2. The van der Waals surface area contributed by atoms with Crippen LogP contribution in [-0.2, 0) is 6.42 Å². The van der Waals surface area contributed by atoms with E-state index in [0.29, 0.717) is 0 Å². The van der Waals surface area contributed by atoms with Crippen molar-refractivity contribution in [2.75, 3.05) is 0 Å². The summed E-state index contributed by atoms with van der Waals surface area (Å²) < 4.78 is 5.80. The SMILES string of the molecule is CC(C)C(O)C1CCc2ccccc2O1. The maximum absolute atomic E-state index is 9.95. The van der Waals surface area contributed by atoms with Gasteiger partial charge in [-0.25, -0.2) is 0 Å². The van der Waals surface area contributed by atoms with Gasteiger partial charge in [0.25, 0.3) is 0 Å². The quantitative estimate of drug-likeness (QED) is 0.805. The van der Waals surface area contributed by atoms with E-state index in [2.05, 4.69) is 6.07 Å². The van der Waals surface area contributed by atoms with Crippen molar-refractivity contribution in [3.05, 3.63) is 29.8 Å². The average molecular weight is 206 g/mol. The van der Waals surface area contributed by atoms with Crippen LogP contribution in [0.5, 0.6) is 5.75 Å². The molecule has 0 fully saturated rings. The van der Waals surface area contributed by atoms with Crippen molar-refractivity contribution in [3.8, 4) is 5.75 Å². The molecule has 0 saturated carbocycles. The van der Waals surface area contributed by atoms with Crippen molar-refractivity contribution in [2.45, 2.75) is 38.9 Å². The molecule has 0 spiro atoms. The van der Waals surface area contributed by atoms with Crippen molar-refractivity contribution < 1.29 is 9.84 Å². The van der Waals surface area contributed by atoms with E-state index >= 15 is 0 Å². The van der Waals surface area contributed by atoms with Crippen LogP contribution in [0.3, 0.4) is 0 Å². The van der Waals surface area contributed by atoms with Crippen LogP contribution >= 0.6 is 0 Å². The Hall–Kier alpha value is -1.02. The molecule has 2 nitrogen and oxygen atoms in total. The van der Waals surface area contributed by atoms with E-state index in [1.807, 2.05) is 32.0 Å². The van der Waals surface area contributed by atoms with Crippen LogP contribution in [0, 0.1) is 5.92 Å². The van der Waals surface area contributed by atoms with E-state index in [-0.39, 0.29) is 18.1 Å². The monoisotopic (exact) mass is 206 g/mol. The summed E-state index contributed by atoms with van der Waals surface area (Å²) in [6.07, 6.45) is 1.51. The Morgan fingerprint density at radius 2 is 2.07 bits per heavy atom. The normalized spacial score (nSPS) is 22.0. The second-order valence-corrected chi connectivity index (χ2v) is 4.54. The Morgan fingerprint density at radius 1 is 1.33 bits per heavy atom. The summed E-state index contributed by atoms with van der Waals surface area (Å²) >= 11 is 0. The Kier molecular flexibility index (Phi) is 2.96. The lowest BCUT2D eigenvalue weighted by Crippen LogP contribution is -2.38. The highest BCUT2D eigenvalue weighted by molar-refractivity contribution is 5.35. The van der Waals surface area contributed by atoms with Gasteiger partial charge in [0.15, 0.2) is 0 Å². The van der Waals surface area contributed by atoms with E-state index in [9.17, 15) is 5.11 Å². The molecule has 0 radical (unpaired) electrons. The number of hydrogen-bond donors (Lipinski definition) is 1. The molecule has 1 aliphatic heterocycles. The van der Waals surface area contributed by atoms with E-state index < -0.39 is 0 Å². The lowest BCUT2D eigenvalue weighted by Gasteiger charge is -2.31. The van der Waals surface area contributed by atoms with E-state index in [1.165, 1.54) is 5.56 Å². The highest BCUT2D eigenvalue weighted by Gasteiger charge is 2.27. The van der Waals surface area contributed by atoms with Gasteiger partial charge < -0.3 is 9.84 Å². The number of ether oxygens (including phenoxy) is 1. The van der Waals surface area contributed by atoms with Gasteiger partial charge in [-0.2, -0.15) is 0 Å². The largest absolute Gasteiger partial charge is 0.487 e. The summed E-state index contributed by atoms with van der Waals surface area (Å²) in [4.78, 5) is 0. The minimum atomic E-state index is -0.363. The van der Waals surface area contributed by atoms with Gasteiger partial charge >= 0.3 is 0 Å². The van der Waals surface area contributed by atoms with Crippen LogP contribution in [0.1, 0.15) is 25.8 Å². The van der Waals surface area contributed by atoms with Crippen molar-refractivity contribution in [1.29, 1.82) is 0 Å². The van der Waals surface area contributed by atoms with Gasteiger partial charge in [-0.1, -0.05) is 32.0 Å². The Labute approximate surface area is 90.9 Å². The first-order valence-corrected chi connectivity index (χ1v) is 5.61. The van der Waals surface area contributed by atoms with Crippen LogP contribution in [0.2, 0.25) is 0 Å².